The first kappa shape index (κ1) is 14.8. The molecule has 1 aliphatic heterocycles. The van der Waals surface area contributed by atoms with Crippen molar-refractivity contribution in [1.82, 2.24) is 10.6 Å². The topological polar surface area (TPSA) is 50.4 Å². The van der Waals surface area contributed by atoms with Crippen LogP contribution < -0.4 is 10.6 Å². The Kier molecular flexibility index (Phi) is 3.69. The summed E-state index contributed by atoms with van der Waals surface area (Å²) in [5.74, 6) is 0.320. The Bertz CT molecular complexity index is 343. The molecule has 1 atom stereocenters. The third-order valence-electron chi connectivity index (χ3n) is 5.64. The second-order valence-electron chi connectivity index (χ2n) is 7.34. The smallest absolute Gasteiger partial charge is 0.224 e. The highest BCUT2D eigenvalue weighted by molar-refractivity contribution is 5.84. The highest BCUT2D eigenvalue weighted by Crippen LogP contribution is 2.68. The van der Waals surface area contributed by atoms with Gasteiger partial charge in [0.15, 0.2) is 0 Å². The van der Waals surface area contributed by atoms with Crippen LogP contribution in [0.15, 0.2) is 0 Å². The quantitative estimate of drug-likeness (QED) is 0.795. The molecule has 0 aromatic carbocycles. The number of hydrogen-bond acceptors (Lipinski definition) is 3. The summed E-state index contributed by atoms with van der Waals surface area (Å²) in [6.45, 7) is 11.0. The van der Waals surface area contributed by atoms with E-state index in [2.05, 4.69) is 38.3 Å². The Morgan fingerprint density at radius 3 is 2.37 bits per heavy atom. The average Bonchev–Trinajstić information content (AvgIpc) is 2.69. The molecule has 1 unspecified atom stereocenters. The fourth-order valence-electron chi connectivity index (χ4n) is 3.68. The van der Waals surface area contributed by atoms with E-state index in [0.29, 0.717) is 13.2 Å². The van der Waals surface area contributed by atoms with Crippen LogP contribution in [0.25, 0.3) is 0 Å². The Labute approximate surface area is 116 Å². The molecular formula is C15H28N2O2. The van der Waals surface area contributed by atoms with Gasteiger partial charge < -0.3 is 15.4 Å². The number of carbonyl (C=O) groups excluding carboxylic acids is 1. The van der Waals surface area contributed by atoms with Crippen molar-refractivity contribution >= 4 is 5.91 Å². The average molecular weight is 268 g/mol. The van der Waals surface area contributed by atoms with Crippen molar-refractivity contribution in [3.63, 3.8) is 0 Å². The predicted molar refractivity (Wildman–Crippen MR) is 75.9 cm³/mol. The summed E-state index contributed by atoms with van der Waals surface area (Å²) in [6.07, 6.45) is 2.22. The van der Waals surface area contributed by atoms with Crippen LogP contribution in [0, 0.1) is 16.7 Å². The van der Waals surface area contributed by atoms with Gasteiger partial charge in [-0.05, 0) is 30.2 Å². The van der Waals surface area contributed by atoms with Crippen molar-refractivity contribution < 1.29 is 9.53 Å². The Morgan fingerprint density at radius 2 is 1.95 bits per heavy atom. The predicted octanol–water partition coefficient (Wildman–Crippen LogP) is 1.55. The number of methoxy groups -OCH3 is 1. The molecule has 0 spiro atoms. The zero-order valence-corrected chi connectivity index (χ0v) is 12.9. The van der Waals surface area contributed by atoms with Gasteiger partial charge in [-0.15, -0.1) is 0 Å². The van der Waals surface area contributed by atoms with Crippen LogP contribution in [-0.4, -0.2) is 38.3 Å². The minimum Gasteiger partial charge on any atom is -0.383 e. The van der Waals surface area contributed by atoms with E-state index in [0.717, 1.165) is 19.4 Å². The van der Waals surface area contributed by atoms with Gasteiger partial charge in [-0.3, -0.25) is 4.79 Å². The lowest BCUT2D eigenvalue weighted by atomic mass is 9.98. The van der Waals surface area contributed by atoms with E-state index in [1.165, 1.54) is 0 Å². The van der Waals surface area contributed by atoms with Crippen molar-refractivity contribution in [2.45, 2.75) is 46.1 Å². The zero-order valence-electron chi connectivity index (χ0n) is 12.9. The molecule has 2 N–H and O–H groups in total. The normalized spacial score (nSPS) is 32.3. The summed E-state index contributed by atoms with van der Waals surface area (Å²) in [7, 11) is 1.72. The molecule has 1 saturated carbocycles. The molecule has 1 amide bonds. The van der Waals surface area contributed by atoms with Crippen LogP contribution >= 0.6 is 0 Å². The van der Waals surface area contributed by atoms with Crippen LogP contribution in [0.1, 0.15) is 40.5 Å². The number of carbonyl (C=O) groups is 1. The molecule has 4 nitrogen and oxygen atoms in total. The van der Waals surface area contributed by atoms with Crippen molar-refractivity contribution in [1.29, 1.82) is 0 Å². The van der Waals surface area contributed by atoms with Crippen molar-refractivity contribution in [3.8, 4) is 0 Å². The lowest BCUT2D eigenvalue weighted by molar-refractivity contribution is -0.123. The third-order valence-corrected chi connectivity index (χ3v) is 5.64. The van der Waals surface area contributed by atoms with Crippen molar-refractivity contribution in [3.05, 3.63) is 0 Å². The van der Waals surface area contributed by atoms with E-state index < -0.39 is 0 Å². The molecule has 0 aromatic heterocycles. The SMILES string of the molecule is COCC1(CNC(=O)C2C(C)(C)C2(C)C)CCCN1. The van der Waals surface area contributed by atoms with E-state index >= 15 is 0 Å². The van der Waals surface area contributed by atoms with Crippen molar-refractivity contribution in [2.24, 2.45) is 16.7 Å². The monoisotopic (exact) mass is 268 g/mol. The fraction of sp³-hybridized carbons (Fsp3) is 0.933. The van der Waals surface area contributed by atoms with Crippen LogP contribution in [0.2, 0.25) is 0 Å². The standard InChI is InChI=1S/C15H28N2O2/c1-13(2)11(14(13,3)4)12(18)16-9-15(10-19-5)7-6-8-17-15/h11,17H,6-10H2,1-5H3,(H,16,18). The molecule has 1 saturated heterocycles. The Balaban J connectivity index is 1.90. The number of hydrogen-bond donors (Lipinski definition) is 2. The summed E-state index contributed by atoms with van der Waals surface area (Å²) in [4.78, 5) is 12.4. The first-order chi connectivity index (χ1) is 8.77. The maximum atomic E-state index is 12.4. The largest absolute Gasteiger partial charge is 0.383 e. The molecular weight excluding hydrogens is 240 g/mol. The summed E-state index contributed by atoms with van der Waals surface area (Å²) in [5.41, 5.74) is 0.150. The molecule has 0 bridgehead atoms. The molecule has 1 aliphatic carbocycles. The zero-order chi connectivity index (χ0) is 14.3. The maximum absolute atomic E-state index is 12.4. The maximum Gasteiger partial charge on any atom is 0.224 e. The lowest BCUT2D eigenvalue weighted by Crippen LogP contribution is -2.53. The lowest BCUT2D eigenvalue weighted by Gasteiger charge is -2.29. The number of amides is 1. The molecule has 110 valence electrons. The van der Waals surface area contributed by atoms with Gasteiger partial charge in [-0.1, -0.05) is 27.7 Å². The van der Waals surface area contributed by atoms with Crippen LogP contribution in [-0.2, 0) is 9.53 Å². The summed E-state index contributed by atoms with van der Waals surface area (Å²) < 4.78 is 5.31. The first-order valence-corrected chi connectivity index (χ1v) is 7.28. The molecule has 2 aliphatic rings. The van der Waals surface area contributed by atoms with Crippen molar-refractivity contribution in [2.75, 3.05) is 26.8 Å². The van der Waals surface area contributed by atoms with Gasteiger partial charge in [0, 0.05) is 19.6 Å². The van der Waals surface area contributed by atoms with Gasteiger partial charge in [0.25, 0.3) is 0 Å². The summed E-state index contributed by atoms with van der Waals surface area (Å²) >= 11 is 0. The van der Waals surface area contributed by atoms with Gasteiger partial charge in [0.2, 0.25) is 5.91 Å². The number of nitrogens with one attached hydrogen (secondary N) is 2. The highest BCUT2D eigenvalue weighted by atomic mass is 16.5. The molecule has 4 heteroatoms. The molecule has 0 aromatic rings. The summed E-state index contributed by atoms with van der Waals surface area (Å²) in [6, 6.07) is 0. The Hall–Kier alpha value is -0.610. The highest BCUT2D eigenvalue weighted by Gasteiger charge is 2.68. The summed E-state index contributed by atoms with van der Waals surface area (Å²) in [5, 5.41) is 6.63. The van der Waals surface area contributed by atoms with Gasteiger partial charge >= 0.3 is 0 Å². The number of rotatable bonds is 5. The molecule has 2 rings (SSSR count). The van der Waals surface area contributed by atoms with Crippen LogP contribution in [0.4, 0.5) is 0 Å². The molecule has 0 radical (unpaired) electrons. The van der Waals surface area contributed by atoms with E-state index in [1.54, 1.807) is 7.11 Å². The molecule has 2 fully saturated rings. The van der Waals surface area contributed by atoms with Gasteiger partial charge in [0.05, 0.1) is 12.1 Å². The first-order valence-electron chi connectivity index (χ1n) is 7.28. The van der Waals surface area contributed by atoms with Gasteiger partial charge in [-0.2, -0.15) is 0 Å². The molecule has 1 heterocycles. The third kappa shape index (κ3) is 2.40. The van der Waals surface area contributed by atoms with E-state index in [9.17, 15) is 4.79 Å². The minimum atomic E-state index is -0.0619. The van der Waals surface area contributed by atoms with E-state index in [-0.39, 0.29) is 28.2 Å². The minimum absolute atomic E-state index is 0.0619. The number of ether oxygens (including phenoxy) is 1. The van der Waals surface area contributed by atoms with Crippen LogP contribution in [0.5, 0.6) is 0 Å². The van der Waals surface area contributed by atoms with Gasteiger partial charge in [-0.25, -0.2) is 0 Å². The fourth-order valence-corrected chi connectivity index (χ4v) is 3.68. The molecule has 19 heavy (non-hydrogen) atoms. The second-order valence-corrected chi connectivity index (χ2v) is 7.34. The Morgan fingerprint density at radius 1 is 1.32 bits per heavy atom. The van der Waals surface area contributed by atoms with E-state index in [4.69, 9.17) is 4.74 Å². The van der Waals surface area contributed by atoms with Crippen LogP contribution in [0.3, 0.4) is 0 Å². The second kappa shape index (κ2) is 4.74. The van der Waals surface area contributed by atoms with Gasteiger partial charge in [0.1, 0.15) is 0 Å². The van der Waals surface area contributed by atoms with E-state index in [1.807, 2.05) is 0 Å².